The maximum Gasteiger partial charge on any atom is 0.160 e. The maximum atomic E-state index is 5.56. The average molecular weight is 324 g/mol. The first-order valence-corrected chi connectivity index (χ1v) is 8.49. The Kier molecular flexibility index (Phi) is 4.79. The molecule has 0 aliphatic heterocycles. The van der Waals surface area contributed by atoms with Crippen LogP contribution in [0.25, 0.3) is 11.7 Å². The van der Waals surface area contributed by atoms with Crippen LogP contribution < -0.4 is 5.73 Å². The highest BCUT2D eigenvalue weighted by molar-refractivity contribution is 7.99. The summed E-state index contributed by atoms with van der Waals surface area (Å²) < 4.78 is 2.07. The Hall–Kier alpha value is -2.11. The second-order valence-electron chi connectivity index (χ2n) is 5.58. The van der Waals surface area contributed by atoms with Crippen molar-refractivity contribution in [3.8, 4) is 0 Å². The van der Waals surface area contributed by atoms with Crippen LogP contribution in [0.15, 0.2) is 58.5 Å². The number of hydrogen-bond donors (Lipinski definition) is 1. The number of rotatable bonds is 5. The van der Waals surface area contributed by atoms with Gasteiger partial charge in [-0.25, -0.2) is 0 Å². The summed E-state index contributed by atoms with van der Waals surface area (Å²) in [6, 6.07) is 12.4. The van der Waals surface area contributed by atoms with Gasteiger partial charge in [0.15, 0.2) is 5.65 Å². The number of aromatic nitrogens is 3. The third kappa shape index (κ3) is 3.46. The van der Waals surface area contributed by atoms with Gasteiger partial charge in [0.05, 0.1) is 0 Å². The molecular weight excluding hydrogens is 304 g/mol. The van der Waals surface area contributed by atoms with Gasteiger partial charge in [-0.3, -0.25) is 4.40 Å². The first kappa shape index (κ1) is 15.8. The van der Waals surface area contributed by atoms with E-state index in [4.69, 9.17) is 5.73 Å². The van der Waals surface area contributed by atoms with Crippen molar-refractivity contribution in [1.29, 1.82) is 0 Å². The molecule has 0 bridgehead atoms. The van der Waals surface area contributed by atoms with E-state index in [1.54, 1.807) is 11.8 Å². The molecule has 2 heterocycles. The summed E-state index contributed by atoms with van der Waals surface area (Å²) in [5, 5.41) is 8.50. The lowest BCUT2D eigenvalue weighted by Crippen LogP contribution is -1.97. The van der Waals surface area contributed by atoms with Gasteiger partial charge in [-0.1, -0.05) is 56.0 Å². The lowest BCUT2D eigenvalue weighted by Gasteiger charge is -2.08. The third-order valence-electron chi connectivity index (χ3n) is 3.50. The van der Waals surface area contributed by atoms with Gasteiger partial charge in [0, 0.05) is 28.5 Å². The third-order valence-corrected chi connectivity index (χ3v) is 4.57. The van der Waals surface area contributed by atoms with Crippen LogP contribution in [0.2, 0.25) is 0 Å². The highest BCUT2D eigenvalue weighted by Gasteiger charge is 2.10. The quantitative estimate of drug-likeness (QED) is 0.771. The van der Waals surface area contributed by atoms with Crippen LogP contribution in [0.1, 0.15) is 31.2 Å². The fourth-order valence-corrected chi connectivity index (χ4v) is 3.32. The van der Waals surface area contributed by atoms with Crippen LogP contribution in [0.5, 0.6) is 0 Å². The van der Waals surface area contributed by atoms with E-state index in [0.29, 0.717) is 12.5 Å². The molecule has 0 saturated carbocycles. The zero-order valence-electron chi connectivity index (χ0n) is 13.3. The first-order chi connectivity index (χ1) is 11.2. The Morgan fingerprint density at radius 2 is 2.00 bits per heavy atom. The molecular formula is C18H20N4S. The molecule has 3 aromatic rings. The predicted molar refractivity (Wildman–Crippen MR) is 95.7 cm³/mol. The van der Waals surface area contributed by atoms with E-state index in [9.17, 15) is 0 Å². The first-order valence-electron chi connectivity index (χ1n) is 7.67. The van der Waals surface area contributed by atoms with Gasteiger partial charge >= 0.3 is 0 Å². The maximum absolute atomic E-state index is 5.56. The van der Waals surface area contributed by atoms with Crippen LogP contribution in [0, 0.1) is 0 Å². The van der Waals surface area contributed by atoms with Crippen molar-refractivity contribution >= 4 is 23.5 Å². The molecule has 2 aromatic heterocycles. The van der Waals surface area contributed by atoms with E-state index in [1.165, 1.54) is 10.5 Å². The topological polar surface area (TPSA) is 56.2 Å². The molecule has 0 radical (unpaired) electrons. The molecule has 5 heteroatoms. The fourth-order valence-electron chi connectivity index (χ4n) is 2.38. The van der Waals surface area contributed by atoms with Crippen LogP contribution in [0.4, 0.5) is 0 Å². The predicted octanol–water partition coefficient (Wildman–Crippen LogP) is 3.98. The molecule has 4 nitrogen and oxygen atoms in total. The minimum absolute atomic E-state index is 0.338. The normalized spacial score (nSPS) is 11.8. The summed E-state index contributed by atoms with van der Waals surface area (Å²) in [7, 11) is 0. The summed E-state index contributed by atoms with van der Waals surface area (Å²) in [6.45, 7) is 4.80. The molecule has 0 amide bonds. The molecule has 0 spiro atoms. The number of nitrogens with zero attached hydrogens (tertiary/aromatic N) is 3. The van der Waals surface area contributed by atoms with Gasteiger partial charge in [0.2, 0.25) is 0 Å². The lowest BCUT2D eigenvalue weighted by atomic mass is 10.2. The highest BCUT2D eigenvalue weighted by Crippen LogP contribution is 2.31. The van der Waals surface area contributed by atoms with Crippen molar-refractivity contribution in [3.05, 3.63) is 60.1 Å². The highest BCUT2D eigenvalue weighted by atomic mass is 32.2. The summed E-state index contributed by atoms with van der Waals surface area (Å²) in [6.07, 6.45) is 6.15. The zero-order chi connectivity index (χ0) is 16.2. The van der Waals surface area contributed by atoms with Crippen molar-refractivity contribution in [1.82, 2.24) is 14.6 Å². The Labute approximate surface area is 140 Å². The molecule has 0 unspecified atom stereocenters. The molecule has 0 atom stereocenters. The van der Waals surface area contributed by atoms with Crippen molar-refractivity contribution in [2.75, 3.05) is 6.54 Å². The van der Waals surface area contributed by atoms with Gasteiger partial charge < -0.3 is 5.73 Å². The smallest absolute Gasteiger partial charge is 0.160 e. The molecule has 118 valence electrons. The van der Waals surface area contributed by atoms with Crippen LogP contribution in [-0.4, -0.2) is 21.1 Å². The minimum Gasteiger partial charge on any atom is -0.327 e. The molecule has 23 heavy (non-hydrogen) atoms. The van der Waals surface area contributed by atoms with Gasteiger partial charge in [0.1, 0.15) is 5.82 Å². The second kappa shape index (κ2) is 6.98. The average Bonchev–Trinajstić information content (AvgIpc) is 2.97. The van der Waals surface area contributed by atoms with Crippen molar-refractivity contribution in [3.63, 3.8) is 0 Å². The molecule has 3 rings (SSSR count). The van der Waals surface area contributed by atoms with Crippen molar-refractivity contribution in [2.45, 2.75) is 29.6 Å². The number of fused-ring (bicyclic) bond motifs is 1. The largest absolute Gasteiger partial charge is 0.327 e. The summed E-state index contributed by atoms with van der Waals surface area (Å²) in [4.78, 5) is 2.36. The fraction of sp³-hybridized carbons (Fsp3) is 0.222. The van der Waals surface area contributed by atoms with Crippen LogP contribution in [0.3, 0.4) is 0 Å². The monoisotopic (exact) mass is 324 g/mol. The van der Waals surface area contributed by atoms with Crippen molar-refractivity contribution < 1.29 is 0 Å². The minimum atomic E-state index is 0.338. The van der Waals surface area contributed by atoms with E-state index in [0.717, 1.165) is 16.4 Å². The van der Waals surface area contributed by atoms with Gasteiger partial charge in [-0.15, -0.1) is 10.2 Å². The van der Waals surface area contributed by atoms with E-state index >= 15 is 0 Å². The van der Waals surface area contributed by atoms with Gasteiger partial charge in [-0.2, -0.15) is 0 Å². The molecule has 0 aliphatic rings. The van der Waals surface area contributed by atoms with E-state index in [-0.39, 0.29) is 0 Å². The standard InChI is InChI=1S/C18H20N4S/c1-13(2)18-21-20-17-10-9-15(12-22(17)18)23-16-8-4-3-6-14(16)7-5-11-19/h3-10,12-13H,11,19H2,1-2H3. The number of hydrogen-bond acceptors (Lipinski definition) is 4. The van der Waals surface area contributed by atoms with Crippen LogP contribution in [-0.2, 0) is 0 Å². The Morgan fingerprint density at radius 1 is 1.17 bits per heavy atom. The zero-order valence-corrected chi connectivity index (χ0v) is 14.1. The van der Waals surface area contributed by atoms with E-state index in [2.05, 4.69) is 65.0 Å². The van der Waals surface area contributed by atoms with E-state index < -0.39 is 0 Å². The van der Waals surface area contributed by atoms with Crippen molar-refractivity contribution in [2.24, 2.45) is 5.73 Å². The molecule has 1 aromatic carbocycles. The Bertz CT molecular complexity index is 836. The molecule has 0 saturated heterocycles. The summed E-state index contributed by atoms with van der Waals surface area (Å²) in [5.74, 6) is 1.32. The second-order valence-corrected chi connectivity index (χ2v) is 6.70. The van der Waals surface area contributed by atoms with E-state index in [1.807, 2.05) is 18.2 Å². The molecule has 2 N–H and O–H groups in total. The molecule has 0 fully saturated rings. The summed E-state index contributed by atoms with van der Waals surface area (Å²) in [5.41, 5.74) is 7.62. The Morgan fingerprint density at radius 3 is 2.78 bits per heavy atom. The molecule has 0 aliphatic carbocycles. The summed E-state index contributed by atoms with van der Waals surface area (Å²) >= 11 is 1.73. The van der Waals surface area contributed by atoms with Gasteiger partial charge in [-0.05, 0) is 23.8 Å². The Balaban J connectivity index is 1.96. The SMILES string of the molecule is CC(C)c1nnc2ccc(Sc3ccccc3C=CCN)cn12. The number of nitrogens with two attached hydrogens (primary N) is 1. The van der Waals surface area contributed by atoms with Crippen LogP contribution >= 0.6 is 11.8 Å². The number of pyridine rings is 1. The number of benzene rings is 1. The van der Waals surface area contributed by atoms with Gasteiger partial charge in [0.25, 0.3) is 0 Å². The lowest BCUT2D eigenvalue weighted by molar-refractivity contribution is 0.756.